The molecule has 0 heterocycles. The van der Waals surface area contributed by atoms with Gasteiger partial charge in [0.05, 0.1) is 0 Å². The summed E-state index contributed by atoms with van der Waals surface area (Å²) in [5.74, 6) is 0.168. The van der Waals surface area contributed by atoms with Gasteiger partial charge in [0.1, 0.15) is 11.8 Å². The minimum absolute atomic E-state index is 0.0986. The van der Waals surface area contributed by atoms with Crippen LogP contribution in [0.2, 0.25) is 0 Å². The number of hydrogen-bond acceptors (Lipinski definition) is 3. The Hall–Kier alpha value is -2.04. The maximum Gasteiger partial charge on any atom is 0.258 e. The third kappa shape index (κ3) is 6.29. The van der Waals surface area contributed by atoms with Crippen molar-refractivity contribution in [2.45, 2.75) is 39.7 Å². The molecule has 0 fully saturated rings. The lowest BCUT2D eigenvalue weighted by Crippen LogP contribution is -2.46. The molecule has 0 bridgehead atoms. The molecule has 1 rings (SSSR count). The van der Waals surface area contributed by atoms with Crippen LogP contribution in [0, 0.1) is 0 Å². The van der Waals surface area contributed by atoms with Gasteiger partial charge in [0, 0.05) is 6.54 Å². The van der Waals surface area contributed by atoms with Gasteiger partial charge in [-0.1, -0.05) is 26.0 Å². The molecule has 5 nitrogen and oxygen atoms in total. The molecule has 0 saturated heterocycles. The predicted octanol–water partition coefficient (Wildman–Crippen LogP) is 1.66. The van der Waals surface area contributed by atoms with Gasteiger partial charge in [0.25, 0.3) is 5.91 Å². The zero-order valence-electron chi connectivity index (χ0n) is 12.9. The zero-order valence-corrected chi connectivity index (χ0v) is 12.9. The molecule has 0 aliphatic carbocycles. The molecule has 1 aromatic rings. The van der Waals surface area contributed by atoms with Gasteiger partial charge in [-0.3, -0.25) is 9.59 Å². The summed E-state index contributed by atoms with van der Waals surface area (Å²) in [6, 6.07) is 7.06. The average Bonchev–Trinajstić information content (AvgIpc) is 2.50. The number of ether oxygens (including phenoxy) is 1. The summed E-state index contributed by atoms with van der Waals surface area (Å²) < 4.78 is 5.43. The van der Waals surface area contributed by atoms with Crippen molar-refractivity contribution in [3.8, 4) is 5.75 Å². The highest BCUT2D eigenvalue weighted by molar-refractivity contribution is 5.87. The molecule has 1 unspecified atom stereocenters. The molecule has 2 amide bonds. The fraction of sp³-hybridized carbons (Fsp3) is 0.500. The van der Waals surface area contributed by atoms with Crippen molar-refractivity contribution in [2.24, 2.45) is 0 Å². The Labute approximate surface area is 126 Å². The largest absolute Gasteiger partial charge is 0.484 e. The molecule has 2 N–H and O–H groups in total. The minimum Gasteiger partial charge on any atom is -0.484 e. The molecule has 0 aliphatic rings. The third-order valence-electron chi connectivity index (χ3n) is 3.00. The molecule has 1 atom stereocenters. The maximum atomic E-state index is 11.7. The fourth-order valence-electron chi connectivity index (χ4n) is 1.75. The SMILES string of the molecule is CCCNC(=O)C(C)NC(=O)COc1cccc(CC)c1. The van der Waals surface area contributed by atoms with E-state index in [0.29, 0.717) is 12.3 Å². The van der Waals surface area contributed by atoms with Gasteiger partial charge in [-0.25, -0.2) is 0 Å². The molecule has 0 saturated carbocycles. The van der Waals surface area contributed by atoms with Crippen LogP contribution < -0.4 is 15.4 Å². The number of carbonyl (C=O) groups excluding carboxylic acids is 2. The average molecular weight is 292 g/mol. The van der Waals surface area contributed by atoms with Crippen molar-refractivity contribution < 1.29 is 14.3 Å². The van der Waals surface area contributed by atoms with E-state index < -0.39 is 6.04 Å². The van der Waals surface area contributed by atoms with Crippen LogP contribution in [-0.4, -0.2) is 31.0 Å². The van der Waals surface area contributed by atoms with Crippen LogP contribution in [0.25, 0.3) is 0 Å². The summed E-state index contributed by atoms with van der Waals surface area (Å²) in [7, 11) is 0. The van der Waals surface area contributed by atoms with E-state index in [1.165, 1.54) is 0 Å². The van der Waals surface area contributed by atoms with E-state index in [-0.39, 0.29) is 18.4 Å². The van der Waals surface area contributed by atoms with Gasteiger partial charge < -0.3 is 15.4 Å². The second kappa shape index (κ2) is 9.00. The molecule has 0 radical (unpaired) electrons. The van der Waals surface area contributed by atoms with Gasteiger partial charge in [-0.05, 0) is 37.5 Å². The number of benzene rings is 1. The predicted molar refractivity (Wildman–Crippen MR) is 82.2 cm³/mol. The normalized spacial score (nSPS) is 11.6. The number of amides is 2. The molecule has 0 aromatic heterocycles. The summed E-state index contributed by atoms with van der Waals surface area (Å²) >= 11 is 0. The highest BCUT2D eigenvalue weighted by Crippen LogP contribution is 2.13. The van der Waals surface area contributed by atoms with Crippen LogP contribution >= 0.6 is 0 Å². The van der Waals surface area contributed by atoms with E-state index in [4.69, 9.17) is 4.74 Å². The van der Waals surface area contributed by atoms with Gasteiger partial charge >= 0.3 is 0 Å². The minimum atomic E-state index is -0.561. The van der Waals surface area contributed by atoms with E-state index in [1.807, 2.05) is 31.2 Å². The van der Waals surface area contributed by atoms with Crippen LogP contribution in [-0.2, 0) is 16.0 Å². The van der Waals surface area contributed by atoms with Crippen molar-refractivity contribution in [1.82, 2.24) is 10.6 Å². The van der Waals surface area contributed by atoms with E-state index in [0.717, 1.165) is 18.4 Å². The lowest BCUT2D eigenvalue weighted by molar-refractivity contribution is -0.129. The first-order valence-electron chi connectivity index (χ1n) is 7.35. The van der Waals surface area contributed by atoms with E-state index in [9.17, 15) is 9.59 Å². The molecule has 1 aromatic carbocycles. The molecule has 0 aliphatic heterocycles. The lowest BCUT2D eigenvalue weighted by atomic mass is 10.2. The summed E-state index contributed by atoms with van der Waals surface area (Å²) in [6.45, 7) is 6.20. The highest BCUT2D eigenvalue weighted by atomic mass is 16.5. The molecular weight excluding hydrogens is 268 g/mol. The summed E-state index contributed by atoms with van der Waals surface area (Å²) in [5.41, 5.74) is 1.15. The van der Waals surface area contributed by atoms with E-state index in [2.05, 4.69) is 17.6 Å². The summed E-state index contributed by atoms with van der Waals surface area (Å²) in [6.07, 6.45) is 1.78. The van der Waals surface area contributed by atoms with Gasteiger partial charge in [0.15, 0.2) is 6.61 Å². The second-order valence-corrected chi connectivity index (χ2v) is 4.87. The quantitative estimate of drug-likeness (QED) is 0.765. The zero-order chi connectivity index (χ0) is 15.7. The Balaban J connectivity index is 2.37. The number of carbonyl (C=O) groups is 2. The summed E-state index contributed by atoms with van der Waals surface area (Å²) in [5, 5.41) is 5.34. The van der Waals surface area contributed by atoms with Crippen molar-refractivity contribution in [3.05, 3.63) is 29.8 Å². The van der Waals surface area contributed by atoms with Crippen molar-refractivity contribution in [1.29, 1.82) is 0 Å². The van der Waals surface area contributed by atoms with Crippen LogP contribution in [0.15, 0.2) is 24.3 Å². The Bertz CT molecular complexity index is 474. The Morgan fingerprint density at radius 1 is 1.29 bits per heavy atom. The van der Waals surface area contributed by atoms with Gasteiger partial charge in [-0.2, -0.15) is 0 Å². The van der Waals surface area contributed by atoms with E-state index in [1.54, 1.807) is 6.92 Å². The monoisotopic (exact) mass is 292 g/mol. The number of nitrogens with one attached hydrogen (secondary N) is 2. The van der Waals surface area contributed by atoms with E-state index >= 15 is 0 Å². The smallest absolute Gasteiger partial charge is 0.258 e. The Morgan fingerprint density at radius 3 is 2.71 bits per heavy atom. The molecule has 21 heavy (non-hydrogen) atoms. The first kappa shape index (κ1) is 17.0. The number of rotatable bonds is 8. The topological polar surface area (TPSA) is 67.4 Å². The lowest BCUT2D eigenvalue weighted by Gasteiger charge is -2.14. The summed E-state index contributed by atoms with van der Waals surface area (Å²) in [4.78, 5) is 23.4. The van der Waals surface area contributed by atoms with Crippen LogP contribution in [0.5, 0.6) is 5.75 Å². The van der Waals surface area contributed by atoms with Crippen LogP contribution in [0.1, 0.15) is 32.8 Å². The van der Waals surface area contributed by atoms with Gasteiger partial charge in [-0.15, -0.1) is 0 Å². The molecule has 116 valence electrons. The first-order valence-corrected chi connectivity index (χ1v) is 7.35. The second-order valence-electron chi connectivity index (χ2n) is 4.87. The van der Waals surface area contributed by atoms with Gasteiger partial charge in [0.2, 0.25) is 5.91 Å². The fourth-order valence-corrected chi connectivity index (χ4v) is 1.75. The number of aryl methyl sites for hydroxylation is 1. The highest BCUT2D eigenvalue weighted by Gasteiger charge is 2.15. The first-order chi connectivity index (χ1) is 10.1. The van der Waals surface area contributed by atoms with Crippen molar-refractivity contribution in [2.75, 3.05) is 13.2 Å². The van der Waals surface area contributed by atoms with Crippen LogP contribution in [0.3, 0.4) is 0 Å². The molecule has 5 heteroatoms. The Kier molecular flexibility index (Phi) is 7.29. The third-order valence-corrected chi connectivity index (χ3v) is 3.00. The standard InChI is InChI=1S/C16H24N2O3/c1-4-9-17-16(20)12(3)18-15(19)11-21-14-8-6-7-13(5-2)10-14/h6-8,10,12H,4-5,9,11H2,1-3H3,(H,17,20)(H,18,19). The maximum absolute atomic E-state index is 11.7. The Morgan fingerprint density at radius 2 is 2.05 bits per heavy atom. The van der Waals surface area contributed by atoms with Crippen molar-refractivity contribution in [3.63, 3.8) is 0 Å². The van der Waals surface area contributed by atoms with Crippen LogP contribution in [0.4, 0.5) is 0 Å². The molecule has 0 spiro atoms. The van der Waals surface area contributed by atoms with Crippen molar-refractivity contribution >= 4 is 11.8 Å². The molecular formula is C16H24N2O3. The number of hydrogen-bond donors (Lipinski definition) is 2.